The highest BCUT2D eigenvalue weighted by molar-refractivity contribution is 14.1. The normalized spacial score (nSPS) is 10.5. The minimum Gasteiger partial charge on any atom is -0.292 e. The summed E-state index contributed by atoms with van der Waals surface area (Å²) in [5.74, 6) is 0.0188. The number of allylic oxidation sites excluding steroid dienone is 1. The molecule has 1 aromatic carbocycles. The Bertz CT molecular complexity index is 634. The Balaban J connectivity index is 2.19. The summed E-state index contributed by atoms with van der Waals surface area (Å²) in [7, 11) is 0. The molecular formula is C15H16IN3O. The summed E-state index contributed by atoms with van der Waals surface area (Å²) in [6.45, 7) is 6.32. The Kier molecular flexibility index (Phi) is 5.05. The number of aryl methyl sites for hydroxylation is 1. The summed E-state index contributed by atoms with van der Waals surface area (Å²) in [4.78, 5) is 12.0. The standard InChI is InChI=1S/C15H16IN3O/c1-3-4-9-13(20)14-15(16)19(18-17-14)10-12-8-6-5-7-11(12)2/h3,5-8H,1,4,9-10H2,2H3. The summed E-state index contributed by atoms with van der Waals surface area (Å²) in [5, 5.41) is 8.11. The van der Waals surface area contributed by atoms with Crippen LogP contribution in [0.4, 0.5) is 0 Å². The van der Waals surface area contributed by atoms with Crippen molar-refractivity contribution in [2.75, 3.05) is 0 Å². The fourth-order valence-corrected chi connectivity index (χ4v) is 2.55. The van der Waals surface area contributed by atoms with Gasteiger partial charge in [-0.05, 0) is 47.1 Å². The zero-order chi connectivity index (χ0) is 14.5. The van der Waals surface area contributed by atoms with E-state index in [-0.39, 0.29) is 5.78 Å². The second-order valence-corrected chi connectivity index (χ2v) is 5.59. The lowest BCUT2D eigenvalue weighted by Crippen LogP contribution is -2.07. The molecule has 1 aromatic heterocycles. The molecule has 2 rings (SSSR count). The van der Waals surface area contributed by atoms with E-state index in [1.165, 1.54) is 11.1 Å². The fraction of sp³-hybridized carbons (Fsp3) is 0.267. The third kappa shape index (κ3) is 3.33. The lowest BCUT2D eigenvalue weighted by molar-refractivity contribution is 0.0978. The third-order valence-electron chi connectivity index (χ3n) is 3.10. The molecule has 0 aliphatic heterocycles. The molecule has 0 unspecified atom stereocenters. The minimum absolute atomic E-state index is 0.0188. The average molecular weight is 381 g/mol. The van der Waals surface area contributed by atoms with Crippen LogP contribution >= 0.6 is 22.6 Å². The van der Waals surface area contributed by atoms with Crippen LogP contribution in [0.2, 0.25) is 0 Å². The molecule has 1 heterocycles. The molecule has 0 saturated heterocycles. The number of carbonyl (C=O) groups excluding carboxylic acids is 1. The average Bonchev–Trinajstić information content (AvgIpc) is 2.80. The van der Waals surface area contributed by atoms with Gasteiger partial charge in [0.15, 0.2) is 11.5 Å². The Morgan fingerprint density at radius 2 is 2.20 bits per heavy atom. The molecule has 4 nitrogen and oxygen atoms in total. The van der Waals surface area contributed by atoms with Crippen LogP contribution in [0.25, 0.3) is 0 Å². The number of nitrogens with zero attached hydrogens (tertiary/aromatic N) is 3. The highest BCUT2D eigenvalue weighted by Crippen LogP contribution is 2.15. The third-order valence-corrected chi connectivity index (χ3v) is 4.16. The molecule has 0 saturated carbocycles. The molecule has 0 fully saturated rings. The van der Waals surface area contributed by atoms with E-state index in [1.54, 1.807) is 10.8 Å². The quantitative estimate of drug-likeness (QED) is 0.438. The smallest absolute Gasteiger partial charge is 0.186 e. The Labute approximate surface area is 132 Å². The van der Waals surface area contributed by atoms with E-state index in [0.29, 0.717) is 25.1 Å². The van der Waals surface area contributed by atoms with Crippen molar-refractivity contribution in [3.05, 3.63) is 57.4 Å². The first-order valence-corrected chi connectivity index (χ1v) is 7.49. The molecule has 0 aliphatic carbocycles. The van der Waals surface area contributed by atoms with Crippen LogP contribution in [0.15, 0.2) is 36.9 Å². The second-order valence-electron chi connectivity index (χ2n) is 4.56. The Morgan fingerprint density at radius 3 is 2.90 bits per heavy atom. The van der Waals surface area contributed by atoms with E-state index in [4.69, 9.17) is 0 Å². The van der Waals surface area contributed by atoms with Crippen molar-refractivity contribution >= 4 is 28.4 Å². The van der Waals surface area contributed by atoms with Crippen LogP contribution in [-0.2, 0) is 6.54 Å². The first kappa shape index (κ1) is 14.9. The molecule has 0 N–H and O–H groups in total. The topological polar surface area (TPSA) is 47.8 Å². The van der Waals surface area contributed by atoms with E-state index in [0.717, 1.165) is 3.70 Å². The maximum Gasteiger partial charge on any atom is 0.186 e. The molecule has 2 aromatic rings. The summed E-state index contributed by atoms with van der Waals surface area (Å²) in [6, 6.07) is 8.14. The van der Waals surface area contributed by atoms with E-state index < -0.39 is 0 Å². The molecule has 0 bridgehead atoms. The van der Waals surface area contributed by atoms with Gasteiger partial charge in [-0.3, -0.25) is 4.79 Å². The largest absolute Gasteiger partial charge is 0.292 e. The minimum atomic E-state index is 0.0188. The number of carbonyl (C=O) groups is 1. The van der Waals surface area contributed by atoms with E-state index in [9.17, 15) is 4.79 Å². The number of Topliss-reactive ketones (excluding diaryl/α,β-unsaturated/α-hetero) is 1. The molecule has 0 amide bonds. The van der Waals surface area contributed by atoms with Gasteiger partial charge in [-0.15, -0.1) is 11.7 Å². The predicted molar refractivity (Wildman–Crippen MR) is 86.8 cm³/mol. The van der Waals surface area contributed by atoms with Gasteiger partial charge in [0.1, 0.15) is 3.70 Å². The van der Waals surface area contributed by atoms with Crippen LogP contribution in [0, 0.1) is 10.6 Å². The van der Waals surface area contributed by atoms with Gasteiger partial charge in [0, 0.05) is 6.42 Å². The monoisotopic (exact) mass is 381 g/mol. The number of aromatic nitrogens is 3. The molecule has 0 spiro atoms. The summed E-state index contributed by atoms with van der Waals surface area (Å²) < 4.78 is 2.56. The lowest BCUT2D eigenvalue weighted by atomic mass is 10.1. The molecular weight excluding hydrogens is 365 g/mol. The maximum atomic E-state index is 12.0. The number of ketones is 1. The van der Waals surface area contributed by atoms with Gasteiger partial charge in [-0.2, -0.15) is 0 Å². The van der Waals surface area contributed by atoms with Crippen LogP contribution < -0.4 is 0 Å². The van der Waals surface area contributed by atoms with Crippen molar-refractivity contribution in [2.24, 2.45) is 0 Å². The summed E-state index contributed by atoms with van der Waals surface area (Å²) >= 11 is 2.13. The van der Waals surface area contributed by atoms with Crippen molar-refractivity contribution < 1.29 is 4.79 Å². The zero-order valence-corrected chi connectivity index (χ0v) is 13.5. The summed E-state index contributed by atoms with van der Waals surface area (Å²) in [6.07, 6.45) is 2.84. The highest BCUT2D eigenvalue weighted by atomic mass is 127. The van der Waals surface area contributed by atoms with Crippen LogP contribution in [0.1, 0.15) is 34.5 Å². The first-order valence-electron chi connectivity index (χ1n) is 6.41. The first-order chi connectivity index (χ1) is 9.63. The number of hydrogen-bond acceptors (Lipinski definition) is 3. The number of benzene rings is 1. The van der Waals surface area contributed by atoms with Gasteiger partial charge < -0.3 is 0 Å². The van der Waals surface area contributed by atoms with Crippen LogP contribution in [-0.4, -0.2) is 20.8 Å². The lowest BCUT2D eigenvalue weighted by Gasteiger charge is -2.06. The molecule has 104 valence electrons. The molecule has 20 heavy (non-hydrogen) atoms. The van der Waals surface area contributed by atoms with Gasteiger partial charge in [0.05, 0.1) is 6.54 Å². The molecule has 5 heteroatoms. The molecule has 0 aliphatic rings. The van der Waals surface area contributed by atoms with Gasteiger partial charge in [0.25, 0.3) is 0 Å². The Morgan fingerprint density at radius 1 is 1.45 bits per heavy atom. The van der Waals surface area contributed by atoms with Crippen LogP contribution in [0.3, 0.4) is 0 Å². The molecule has 0 radical (unpaired) electrons. The SMILES string of the molecule is C=CCCC(=O)c1nnn(Cc2ccccc2C)c1I. The Hall–Kier alpha value is -1.50. The fourth-order valence-electron chi connectivity index (χ4n) is 1.87. The van der Waals surface area contributed by atoms with E-state index >= 15 is 0 Å². The molecule has 0 atom stereocenters. The van der Waals surface area contributed by atoms with Gasteiger partial charge in [-0.25, -0.2) is 4.68 Å². The zero-order valence-electron chi connectivity index (χ0n) is 11.3. The number of rotatable bonds is 6. The van der Waals surface area contributed by atoms with E-state index in [2.05, 4.69) is 58.5 Å². The van der Waals surface area contributed by atoms with Gasteiger partial charge in [-0.1, -0.05) is 35.6 Å². The summed E-state index contributed by atoms with van der Waals surface area (Å²) in [5.41, 5.74) is 2.85. The van der Waals surface area contributed by atoms with Gasteiger partial charge >= 0.3 is 0 Å². The second kappa shape index (κ2) is 6.78. The maximum absolute atomic E-state index is 12.0. The van der Waals surface area contributed by atoms with Crippen molar-refractivity contribution in [2.45, 2.75) is 26.3 Å². The van der Waals surface area contributed by atoms with Crippen molar-refractivity contribution in [3.8, 4) is 0 Å². The van der Waals surface area contributed by atoms with Crippen molar-refractivity contribution in [1.82, 2.24) is 15.0 Å². The number of halogens is 1. The number of hydrogen-bond donors (Lipinski definition) is 0. The van der Waals surface area contributed by atoms with E-state index in [1.807, 2.05) is 12.1 Å². The highest BCUT2D eigenvalue weighted by Gasteiger charge is 2.17. The van der Waals surface area contributed by atoms with Gasteiger partial charge in [0.2, 0.25) is 0 Å². The van der Waals surface area contributed by atoms with Crippen LogP contribution in [0.5, 0.6) is 0 Å². The van der Waals surface area contributed by atoms with Crippen molar-refractivity contribution in [3.63, 3.8) is 0 Å². The van der Waals surface area contributed by atoms with Crippen molar-refractivity contribution in [1.29, 1.82) is 0 Å². The predicted octanol–water partition coefficient (Wildman–Crippen LogP) is 3.39.